The predicted octanol–water partition coefficient (Wildman–Crippen LogP) is 5.39. The third-order valence-corrected chi connectivity index (χ3v) is 6.20. The van der Waals surface area contributed by atoms with Gasteiger partial charge in [-0.3, -0.25) is 4.76 Å². The largest absolute Gasteiger partial charge is 0.470 e. The molecule has 186 valence electrons. The van der Waals surface area contributed by atoms with E-state index in [1.165, 1.54) is 5.56 Å². The van der Waals surface area contributed by atoms with Gasteiger partial charge in [0.25, 0.3) is 0 Å². The van der Waals surface area contributed by atoms with Crippen LogP contribution < -0.4 is 15.4 Å². The molecule has 3 aromatic rings. The van der Waals surface area contributed by atoms with Crippen molar-refractivity contribution in [2.45, 2.75) is 12.5 Å². The minimum Gasteiger partial charge on any atom is -0.470 e. The van der Waals surface area contributed by atoms with E-state index in [1.54, 1.807) is 0 Å². The minimum atomic E-state index is 0.0137. The van der Waals surface area contributed by atoms with Crippen molar-refractivity contribution in [3.05, 3.63) is 120 Å². The van der Waals surface area contributed by atoms with Gasteiger partial charge in [-0.15, -0.1) is 0 Å². The number of benzene rings is 2. The lowest BCUT2D eigenvalue weighted by Gasteiger charge is -2.27. The third-order valence-electron chi connectivity index (χ3n) is 5.92. The van der Waals surface area contributed by atoms with Gasteiger partial charge < -0.3 is 15.4 Å². The second-order valence-electron chi connectivity index (χ2n) is 8.59. The predicted molar refractivity (Wildman–Crippen MR) is 155 cm³/mol. The molecule has 37 heavy (non-hydrogen) atoms. The second kappa shape index (κ2) is 13.3. The number of nitrogens with one attached hydrogen (secondary N) is 2. The molecule has 7 heteroatoms. The summed E-state index contributed by atoms with van der Waals surface area (Å²) >= 11 is 0. The summed E-state index contributed by atoms with van der Waals surface area (Å²) < 4.78 is 10.3. The zero-order valence-electron chi connectivity index (χ0n) is 20.6. The molecule has 0 amide bonds. The lowest BCUT2D eigenvalue weighted by Crippen LogP contribution is -2.40. The quantitative estimate of drug-likeness (QED) is 0.346. The molecule has 2 aliphatic rings. The number of fused-ring (bicyclic) bond motifs is 1. The number of rotatable bonds is 6. The highest BCUT2D eigenvalue weighted by molar-refractivity contribution is 7.15. The van der Waals surface area contributed by atoms with Gasteiger partial charge in [0.1, 0.15) is 6.10 Å². The van der Waals surface area contributed by atoms with Crippen molar-refractivity contribution >= 4 is 26.4 Å². The fraction of sp³-hybridized carbons (Fsp3) is 0.167. The van der Waals surface area contributed by atoms with Crippen LogP contribution in [0.5, 0.6) is 5.88 Å². The Morgan fingerprint density at radius 2 is 1.86 bits per heavy atom. The van der Waals surface area contributed by atoms with Crippen LogP contribution >= 0.6 is 9.39 Å². The van der Waals surface area contributed by atoms with Gasteiger partial charge in [0, 0.05) is 18.3 Å². The van der Waals surface area contributed by atoms with Crippen LogP contribution in [0.1, 0.15) is 16.7 Å². The zero-order chi connectivity index (χ0) is 25.9. The Balaban J connectivity index is 0.000000469. The highest BCUT2D eigenvalue weighted by atomic mass is 31.0. The van der Waals surface area contributed by atoms with Gasteiger partial charge in [0.2, 0.25) is 5.88 Å². The summed E-state index contributed by atoms with van der Waals surface area (Å²) in [6, 6.07) is 23.9. The van der Waals surface area contributed by atoms with Gasteiger partial charge in [0.05, 0.1) is 29.6 Å². The maximum absolute atomic E-state index is 8.87. The average molecular weight is 508 g/mol. The molecule has 0 saturated heterocycles. The number of hydrogen-bond acceptors (Lipinski definition) is 6. The Labute approximate surface area is 220 Å². The van der Waals surface area contributed by atoms with E-state index < -0.39 is 0 Å². The first-order valence-electron chi connectivity index (χ1n) is 12.1. The number of nitriles is 1. The summed E-state index contributed by atoms with van der Waals surface area (Å²) in [5, 5.41) is 15.7. The van der Waals surface area contributed by atoms with Gasteiger partial charge in [-0.25, -0.2) is 4.98 Å². The lowest BCUT2D eigenvalue weighted by molar-refractivity contribution is 0.194. The van der Waals surface area contributed by atoms with Crippen molar-refractivity contribution in [1.29, 1.82) is 5.26 Å². The molecule has 0 fully saturated rings. The van der Waals surface area contributed by atoms with Crippen LogP contribution in [0, 0.1) is 11.3 Å². The van der Waals surface area contributed by atoms with Gasteiger partial charge in [-0.1, -0.05) is 67.3 Å². The van der Waals surface area contributed by atoms with Crippen molar-refractivity contribution in [3.63, 3.8) is 0 Å². The number of allylic oxidation sites excluding steroid dienone is 5. The SMILES string of the molecule is C=C1C=CC(c2cnc3c(c2)NCC(CNCCc2ccc(C#N)cc2)O3)=C/C1=N/P.c1ccccc1. The van der Waals surface area contributed by atoms with E-state index in [0.717, 1.165) is 47.6 Å². The summed E-state index contributed by atoms with van der Waals surface area (Å²) in [5.74, 6) is 0.624. The minimum absolute atomic E-state index is 0.0137. The fourth-order valence-corrected chi connectivity index (χ4v) is 4.10. The molecule has 0 bridgehead atoms. The van der Waals surface area contributed by atoms with E-state index in [4.69, 9.17) is 10.00 Å². The summed E-state index contributed by atoms with van der Waals surface area (Å²) in [7, 11) is 2.38. The Hall–Kier alpha value is -4.04. The molecule has 6 nitrogen and oxygen atoms in total. The topological polar surface area (TPSA) is 82.3 Å². The maximum atomic E-state index is 8.87. The average Bonchev–Trinajstić information content (AvgIpc) is 2.97. The van der Waals surface area contributed by atoms with E-state index in [-0.39, 0.29) is 6.10 Å². The molecule has 2 aromatic carbocycles. The van der Waals surface area contributed by atoms with Crippen LogP contribution in [0.25, 0.3) is 5.57 Å². The van der Waals surface area contributed by atoms with Gasteiger partial charge >= 0.3 is 0 Å². The molecule has 0 radical (unpaired) electrons. The number of hydrogen-bond donors (Lipinski definition) is 2. The first-order valence-corrected chi connectivity index (χ1v) is 12.7. The smallest absolute Gasteiger partial charge is 0.237 e. The molecule has 2 atom stereocenters. The van der Waals surface area contributed by atoms with E-state index in [9.17, 15) is 0 Å². The molecular formula is C30H30N5OP. The Morgan fingerprint density at radius 1 is 1.14 bits per heavy atom. The van der Waals surface area contributed by atoms with Crippen LogP contribution in [0.2, 0.25) is 0 Å². The van der Waals surface area contributed by atoms with E-state index in [1.807, 2.05) is 85.1 Å². The number of nitrogens with zero attached hydrogens (tertiary/aromatic N) is 3. The molecule has 1 aromatic heterocycles. The first kappa shape index (κ1) is 26.0. The molecule has 2 unspecified atom stereocenters. The van der Waals surface area contributed by atoms with E-state index >= 15 is 0 Å². The fourth-order valence-electron chi connectivity index (χ4n) is 3.86. The monoisotopic (exact) mass is 507 g/mol. The number of anilines is 1. The third kappa shape index (κ3) is 7.47. The normalized spacial score (nSPS) is 16.9. The molecule has 0 saturated carbocycles. The van der Waals surface area contributed by atoms with Crippen molar-refractivity contribution in [1.82, 2.24) is 10.3 Å². The summed E-state index contributed by atoms with van der Waals surface area (Å²) in [6.45, 7) is 6.28. The maximum Gasteiger partial charge on any atom is 0.237 e. The van der Waals surface area contributed by atoms with Crippen molar-refractivity contribution < 1.29 is 4.74 Å². The molecule has 2 N–H and O–H groups in total. The van der Waals surface area contributed by atoms with Crippen molar-refractivity contribution in [3.8, 4) is 11.9 Å². The Kier molecular flexibility index (Phi) is 9.37. The van der Waals surface area contributed by atoms with Crippen LogP contribution in [0.15, 0.2) is 108 Å². The Bertz CT molecular complexity index is 1310. The molecule has 5 rings (SSSR count). The van der Waals surface area contributed by atoms with Crippen LogP contribution in [0.4, 0.5) is 5.69 Å². The number of ether oxygens (including phenoxy) is 1. The zero-order valence-corrected chi connectivity index (χ0v) is 21.8. The number of aromatic nitrogens is 1. The van der Waals surface area contributed by atoms with Crippen LogP contribution in [0.3, 0.4) is 0 Å². The highest BCUT2D eigenvalue weighted by Crippen LogP contribution is 2.31. The van der Waals surface area contributed by atoms with Gasteiger partial charge in [0.15, 0.2) is 0 Å². The molecular weight excluding hydrogens is 477 g/mol. The molecule has 1 aliphatic heterocycles. The lowest BCUT2D eigenvalue weighted by atomic mass is 9.97. The highest BCUT2D eigenvalue weighted by Gasteiger charge is 2.21. The second-order valence-corrected chi connectivity index (χ2v) is 8.85. The van der Waals surface area contributed by atoms with Crippen molar-refractivity contribution in [2.75, 3.05) is 25.0 Å². The standard InChI is InChI=1S/C24H24N5OP.C6H6/c1-16-2-7-19(10-22(16)29-31)20-11-23-24(28-13-20)30-21(15-27-23)14-26-9-8-17-3-5-18(12-25)6-4-17;1-2-4-6-5-3-1/h2-7,10-11,13,21,26-27H,1,8-9,14-15,31H2;1-6H/b29-22-;. The van der Waals surface area contributed by atoms with Crippen LogP contribution in [-0.2, 0) is 6.42 Å². The number of pyridine rings is 1. The summed E-state index contributed by atoms with van der Waals surface area (Å²) in [6.07, 6.45) is 8.73. The Morgan fingerprint density at radius 3 is 2.54 bits per heavy atom. The van der Waals surface area contributed by atoms with E-state index in [2.05, 4.69) is 48.5 Å². The van der Waals surface area contributed by atoms with Gasteiger partial charge in [-0.05, 0) is 63.3 Å². The summed E-state index contributed by atoms with van der Waals surface area (Å²) in [5.41, 5.74) is 6.57. The molecule has 0 spiro atoms. The molecule has 2 heterocycles. The molecule has 1 aliphatic carbocycles. The van der Waals surface area contributed by atoms with E-state index in [0.29, 0.717) is 18.0 Å². The van der Waals surface area contributed by atoms with Crippen LogP contribution in [-0.4, -0.2) is 36.4 Å². The van der Waals surface area contributed by atoms with Gasteiger partial charge in [-0.2, -0.15) is 5.26 Å². The first-order chi connectivity index (χ1) is 18.2. The summed E-state index contributed by atoms with van der Waals surface area (Å²) in [4.78, 5) is 4.53. The van der Waals surface area contributed by atoms with Crippen molar-refractivity contribution in [2.24, 2.45) is 4.76 Å².